The fraction of sp³-hybridized carbons (Fsp3) is 0.300. The SMILES string of the molecule is CNc1ccccc1.NCCCC[C@H](N)C(=O)O.O=Cc1ccc(Cl)cc1Cl. The number of carbonyl (C=O) groups is 2. The molecule has 0 aliphatic rings. The zero-order valence-electron chi connectivity index (χ0n) is 15.8. The highest BCUT2D eigenvalue weighted by atomic mass is 35.5. The normalized spacial score (nSPS) is 10.5. The molecular formula is C20H27Cl2N3O3. The largest absolute Gasteiger partial charge is 0.480 e. The lowest BCUT2D eigenvalue weighted by Crippen LogP contribution is -2.29. The summed E-state index contributed by atoms with van der Waals surface area (Å²) >= 11 is 11.2. The van der Waals surface area contributed by atoms with Crippen LogP contribution >= 0.6 is 23.2 Å². The van der Waals surface area contributed by atoms with Gasteiger partial charge in [-0.3, -0.25) is 9.59 Å². The molecule has 154 valence electrons. The van der Waals surface area contributed by atoms with Crippen LogP contribution in [0.1, 0.15) is 29.6 Å². The third kappa shape index (κ3) is 12.3. The Balaban J connectivity index is 0.000000393. The van der Waals surface area contributed by atoms with E-state index in [9.17, 15) is 9.59 Å². The minimum atomic E-state index is -0.933. The van der Waals surface area contributed by atoms with Crippen LogP contribution < -0.4 is 16.8 Å². The second-order valence-electron chi connectivity index (χ2n) is 5.63. The van der Waals surface area contributed by atoms with E-state index in [0.717, 1.165) is 18.5 Å². The van der Waals surface area contributed by atoms with Crippen LogP contribution in [0, 0.1) is 0 Å². The molecule has 0 amide bonds. The van der Waals surface area contributed by atoms with E-state index < -0.39 is 12.0 Å². The molecule has 6 N–H and O–H groups in total. The van der Waals surface area contributed by atoms with Crippen molar-refractivity contribution in [3.05, 3.63) is 64.1 Å². The van der Waals surface area contributed by atoms with Crippen molar-refractivity contribution in [1.29, 1.82) is 0 Å². The van der Waals surface area contributed by atoms with Gasteiger partial charge < -0.3 is 21.9 Å². The van der Waals surface area contributed by atoms with Crippen LogP contribution in [0.3, 0.4) is 0 Å². The number of para-hydroxylation sites is 1. The zero-order valence-corrected chi connectivity index (χ0v) is 17.3. The van der Waals surface area contributed by atoms with Gasteiger partial charge in [-0.2, -0.15) is 0 Å². The van der Waals surface area contributed by atoms with E-state index in [2.05, 4.69) is 5.32 Å². The second-order valence-corrected chi connectivity index (χ2v) is 6.47. The predicted molar refractivity (Wildman–Crippen MR) is 116 cm³/mol. The number of hydrogen-bond donors (Lipinski definition) is 4. The Labute approximate surface area is 175 Å². The van der Waals surface area contributed by atoms with Crippen LogP contribution in [-0.2, 0) is 4.79 Å². The summed E-state index contributed by atoms with van der Waals surface area (Å²) in [5, 5.41) is 12.3. The lowest BCUT2D eigenvalue weighted by Gasteiger charge is -2.03. The van der Waals surface area contributed by atoms with Crippen molar-refractivity contribution in [3.63, 3.8) is 0 Å². The highest BCUT2D eigenvalue weighted by Gasteiger charge is 2.09. The Morgan fingerprint density at radius 3 is 2.25 bits per heavy atom. The van der Waals surface area contributed by atoms with E-state index in [0.29, 0.717) is 34.9 Å². The molecule has 0 aromatic heterocycles. The molecule has 8 heteroatoms. The molecule has 0 unspecified atom stereocenters. The summed E-state index contributed by atoms with van der Waals surface area (Å²) in [7, 11) is 1.91. The number of rotatable bonds is 7. The molecule has 0 fully saturated rings. The number of nitrogens with one attached hydrogen (secondary N) is 1. The zero-order chi connectivity index (χ0) is 21.4. The molecule has 0 saturated carbocycles. The highest BCUT2D eigenvalue weighted by Crippen LogP contribution is 2.18. The summed E-state index contributed by atoms with van der Waals surface area (Å²) in [6.07, 6.45) is 2.86. The van der Waals surface area contributed by atoms with E-state index in [4.69, 9.17) is 39.8 Å². The Hall–Kier alpha value is -2.12. The van der Waals surface area contributed by atoms with Crippen molar-refractivity contribution in [2.45, 2.75) is 25.3 Å². The first-order chi connectivity index (χ1) is 13.3. The summed E-state index contributed by atoms with van der Waals surface area (Å²) in [6, 6.07) is 14.1. The summed E-state index contributed by atoms with van der Waals surface area (Å²) in [5.74, 6) is -0.933. The maximum atomic E-state index is 10.2. The number of aldehydes is 1. The van der Waals surface area contributed by atoms with E-state index >= 15 is 0 Å². The van der Waals surface area contributed by atoms with Gasteiger partial charge in [0.15, 0.2) is 6.29 Å². The van der Waals surface area contributed by atoms with Gasteiger partial charge in [0.1, 0.15) is 6.04 Å². The molecule has 0 spiro atoms. The minimum Gasteiger partial charge on any atom is -0.480 e. The summed E-state index contributed by atoms with van der Waals surface area (Å²) in [5.41, 5.74) is 12.0. The van der Waals surface area contributed by atoms with Gasteiger partial charge in [-0.1, -0.05) is 47.8 Å². The van der Waals surface area contributed by atoms with Gasteiger partial charge in [-0.05, 0) is 49.7 Å². The molecule has 28 heavy (non-hydrogen) atoms. The fourth-order valence-electron chi connectivity index (χ4n) is 1.83. The Kier molecular flexibility index (Phi) is 14.7. The van der Waals surface area contributed by atoms with Crippen LogP contribution in [0.2, 0.25) is 10.0 Å². The average Bonchev–Trinajstić information content (AvgIpc) is 2.69. The van der Waals surface area contributed by atoms with Crippen molar-refractivity contribution in [2.75, 3.05) is 18.9 Å². The van der Waals surface area contributed by atoms with Gasteiger partial charge in [0.25, 0.3) is 0 Å². The Morgan fingerprint density at radius 1 is 1.18 bits per heavy atom. The highest BCUT2D eigenvalue weighted by molar-refractivity contribution is 6.36. The Bertz CT molecular complexity index is 700. The molecule has 0 heterocycles. The molecule has 0 aliphatic heterocycles. The van der Waals surface area contributed by atoms with Crippen LogP contribution in [0.5, 0.6) is 0 Å². The number of carboxylic acid groups (broad SMARTS) is 1. The Morgan fingerprint density at radius 2 is 1.82 bits per heavy atom. The lowest BCUT2D eigenvalue weighted by atomic mass is 10.1. The number of anilines is 1. The maximum absolute atomic E-state index is 10.2. The van der Waals surface area contributed by atoms with Crippen LogP contribution in [0.25, 0.3) is 0 Å². The van der Waals surface area contributed by atoms with Crippen molar-refractivity contribution in [3.8, 4) is 0 Å². The van der Waals surface area contributed by atoms with E-state index in [1.807, 2.05) is 37.4 Å². The van der Waals surface area contributed by atoms with Gasteiger partial charge in [-0.25, -0.2) is 0 Å². The summed E-state index contributed by atoms with van der Waals surface area (Å²) in [6.45, 7) is 0.604. The predicted octanol–water partition coefficient (Wildman–Crippen LogP) is 4.06. The molecule has 0 bridgehead atoms. The van der Waals surface area contributed by atoms with Gasteiger partial charge in [0.2, 0.25) is 0 Å². The van der Waals surface area contributed by atoms with Gasteiger partial charge in [0, 0.05) is 23.3 Å². The second kappa shape index (κ2) is 15.9. The van der Waals surface area contributed by atoms with Crippen molar-refractivity contribution in [2.24, 2.45) is 11.5 Å². The topological polar surface area (TPSA) is 118 Å². The van der Waals surface area contributed by atoms with Crippen molar-refractivity contribution >= 4 is 41.1 Å². The molecule has 0 radical (unpaired) electrons. The number of carboxylic acids is 1. The molecule has 6 nitrogen and oxygen atoms in total. The first-order valence-electron chi connectivity index (χ1n) is 8.67. The summed E-state index contributed by atoms with van der Waals surface area (Å²) < 4.78 is 0. The molecule has 0 aliphatic carbocycles. The lowest BCUT2D eigenvalue weighted by molar-refractivity contribution is -0.138. The standard InChI is InChI=1S/C7H4Cl2O.C7H9N.C6H14N2O2/c8-6-2-1-5(4-10)7(9)3-6;1-8-7-5-3-2-4-6-7;7-4-2-1-3-5(8)6(9)10/h1-4H;2-6,8H,1H3;5H,1-4,7-8H2,(H,9,10)/t;;5-/m..0/s1. The van der Waals surface area contributed by atoms with Crippen LogP contribution in [0.15, 0.2) is 48.5 Å². The quantitative estimate of drug-likeness (QED) is 0.390. The van der Waals surface area contributed by atoms with Crippen LogP contribution in [0.4, 0.5) is 5.69 Å². The molecule has 2 aromatic rings. The molecule has 0 saturated heterocycles. The number of hydrogen-bond acceptors (Lipinski definition) is 5. The minimum absolute atomic E-state index is 0.391. The first kappa shape index (κ1) is 25.9. The van der Waals surface area contributed by atoms with Crippen molar-refractivity contribution < 1.29 is 14.7 Å². The van der Waals surface area contributed by atoms with Gasteiger partial charge >= 0.3 is 5.97 Å². The third-order valence-corrected chi connectivity index (χ3v) is 4.00. The number of carbonyl (C=O) groups excluding carboxylic acids is 1. The van der Waals surface area contributed by atoms with E-state index in [-0.39, 0.29) is 0 Å². The van der Waals surface area contributed by atoms with Gasteiger partial charge in [-0.15, -0.1) is 0 Å². The maximum Gasteiger partial charge on any atom is 0.320 e. The fourth-order valence-corrected chi connectivity index (χ4v) is 2.29. The van der Waals surface area contributed by atoms with E-state index in [1.165, 1.54) is 6.07 Å². The number of aliphatic carboxylic acids is 1. The monoisotopic (exact) mass is 427 g/mol. The van der Waals surface area contributed by atoms with Crippen LogP contribution in [-0.4, -0.2) is 37.0 Å². The smallest absolute Gasteiger partial charge is 0.320 e. The molecule has 2 rings (SSSR count). The molecule has 1 atom stereocenters. The third-order valence-electron chi connectivity index (χ3n) is 3.44. The number of nitrogens with two attached hydrogens (primary N) is 2. The number of unbranched alkanes of at least 4 members (excludes halogenated alkanes) is 1. The van der Waals surface area contributed by atoms with E-state index in [1.54, 1.807) is 12.1 Å². The number of benzene rings is 2. The van der Waals surface area contributed by atoms with Crippen molar-refractivity contribution in [1.82, 2.24) is 0 Å². The average molecular weight is 428 g/mol. The molecular weight excluding hydrogens is 401 g/mol. The molecule has 2 aromatic carbocycles. The summed E-state index contributed by atoms with van der Waals surface area (Å²) in [4.78, 5) is 20.3. The van der Waals surface area contributed by atoms with Gasteiger partial charge in [0.05, 0.1) is 5.02 Å². The number of halogens is 2. The first-order valence-corrected chi connectivity index (χ1v) is 9.42.